The highest BCUT2D eigenvalue weighted by atomic mass is 16.4. The number of hydrogen-bond donors (Lipinski definition) is 1. The molecule has 18 heavy (non-hydrogen) atoms. The molecule has 1 unspecified atom stereocenters. The van der Waals surface area contributed by atoms with Crippen molar-refractivity contribution in [1.29, 1.82) is 0 Å². The van der Waals surface area contributed by atoms with E-state index in [4.69, 9.17) is 5.11 Å². The highest BCUT2D eigenvalue weighted by Crippen LogP contribution is 2.22. The molecule has 2 rings (SSSR count). The van der Waals surface area contributed by atoms with Gasteiger partial charge in [-0.05, 0) is 37.1 Å². The van der Waals surface area contributed by atoms with Gasteiger partial charge in [0.15, 0.2) is 5.78 Å². The van der Waals surface area contributed by atoms with Crippen LogP contribution in [0.25, 0.3) is 0 Å². The lowest BCUT2D eigenvalue weighted by Gasteiger charge is -2.32. The quantitative estimate of drug-likeness (QED) is 0.804. The van der Waals surface area contributed by atoms with Crippen LogP contribution >= 0.6 is 0 Å². The number of nitrogens with zero attached hydrogens (tertiary/aromatic N) is 1. The molecule has 0 fully saturated rings. The molecule has 0 radical (unpaired) electrons. The summed E-state index contributed by atoms with van der Waals surface area (Å²) in [7, 11) is 0. The minimum absolute atomic E-state index is 0.00351. The number of ketones is 1. The van der Waals surface area contributed by atoms with E-state index in [0.29, 0.717) is 6.54 Å². The van der Waals surface area contributed by atoms with Crippen molar-refractivity contribution in [3.05, 3.63) is 47.2 Å². The zero-order valence-corrected chi connectivity index (χ0v) is 10.4. The Balaban J connectivity index is 2.29. The third-order valence-corrected chi connectivity index (χ3v) is 3.02. The van der Waals surface area contributed by atoms with Crippen LogP contribution in [0.15, 0.2) is 47.2 Å². The molecular weight excluding hydrogens is 230 g/mol. The van der Waals surface area contributed by atoms with Crippen molar-refractivity contribution >= 4 is 11.8 Å². The van der Waals surface area contributed by atoms with Crippen LogP contribution in [0.4, 0.5) is 0 Å². The first kappa shape index (κ1) is 12.4. The van der Waals surface area contributed by atoms with Gasteiger partial charge in [-0.15, -0.1) is 0 Å². The first-order chi connectivity index (χ1) is 8.49. The molecule has 0 amide bonds. The fourth-order valence-electron chi connectivity index (χ4n) is 2.31. The van der Waals surface area contributed by atoms with E-state index in [9.17, 15) is 9.59 Å². The van der Waals surface area contributed by atoms with Gasteiger partial charge in [0.05, 0.1) is 5.57 Å². The summed E-state index contributed by atoms with van der Waals surface area (Å²) in [6, 6.07) is -0.381. The molecule has 1 N–H and O–H groups in total. The molecule has 2 aliphatic rings. The lowest BCUT2D eigenvalue weighted by molar-refractivity contribution is -0.132. The molecule has 0 aromatic heterocycles. The van der Waals surface area contributed by atoms with E-state index in [1.165, 1.54) is 6.20 Å². The normalized spacial score (nSPS) is 23.4. The van der Waals surface area contributed by atoms with Crippen molar-refractivity contribution in [1.82, 2.24) is 4.90 Å². The molecule has 1 aliphatic heterocycles. The molecule has 4 heteroatoms. The molecular formula is C14H15NO3. The molecule has 4 nitrogen and oxygen atoms in total. The number of carbonyl (C=O) groups excluding carboxylic acids is 1. The fraction of sp³-hybridized carbons (Fsp3) is 0.286. The Morgan fingerprint density at radius 1 is 1.39 bits per heavy atom. The lowest BCUT2D eigenvalue weighted by atomic mass is 9.93. The summed E-state index contributed by atoms with van der Waals surface area (Å²) in [6.45, 7) is 4.32. The summed E-state index contributed by atoms with van der Waals surface area (Å²) in [4.78, 5) is 24.7. The molecule has 1 aliphatic carbocycles. The predicted octanol–water partition coefficient (Wildman–Crippen LogP) is 1.67. The van der Waals surface area contributed by atoms with Crippen molar-refractivity contribution in [2.24, 2.45) is 0 Å². The van der Waals surface area contributed by atoms with E-state index >= 15 is 0 Å². The standard InChI is InChI=1S/C14H15NO3/c1-9-6-10(2)13(12(16)7-9)15-5-3-4-11(8-15)14(17)18/h3-4,6-8,13H,5H2,1-2H3,(H,17,18). The third kappa shape index (κ3) is 2.27. The zero-order valence-electron chi connectivity index (χ0n) is 10.4. The Bertz CT molecular complexity index is 523. The highest BCUT2D eigenvalue weighted by molar-refractivity contribution is 5.99. The molecule has 0 aromatic carbocycles. The van der Waals surface area contributed by atoms with Gasteiger partial charge in [0.25, 0.3) is 0 Å². The maximum atomic E-state index is 12.0. The number of allylic oxidation sites excluding steroid dienone is 2. The van der Waals surface area contributed by atoms with Gasteiger partial charge >= 0.3 is 5.97 Å². The largest absolute Gasteiger partial charge is 0.478 e. The molecule has 0 saturated carbocycles. The molecule has 94 valence electrons. The van der Waals surface area contributed by atoms with Gasteiger partial charge in [-0.1, -0.05) is 12.2 Å². The van der Waals surface area contributed by atoms with E-state index in [0.717, 1.165) is 11.1 Å². The third-order valence-electron chi connectivity index (χ3n) is 3.02. The van der Waals surface area contributed by atoms with Gasteiger partial charge in [-0.25, -0.2) is 4.79 Å². The first-order valence-corrected chi connectivity index (χ1v) is 5.77. The van der Waals surface area contributed by atoms with Crippen LogP contribution in [0.5, 0.6) is 0 Å². The molecule has 0 aromatic rings. The van der Waals surface area contributed by atoms with Crippen LogP contribution in [0, 0.1) is 0 Å². The van der Waals surface area contributed by atoms with E-state index in [-0.39, 0.29) is 17.4 Å². The number of rotatable bonds is 2. The van der Waals surface area contributed by atoms with Crippen LogP contribution in [0.3, 0.4) is 0 Å². The smallest absolute Gasteiger partial charge is 0.337 e. The van der Waals surface area contributed by atoms with Crippen LogP contribution in [0.1, 0.15) is 13.8 Å². The number of carboxylic acids is 1. The number of hydrogen-bond acceptors (Lipinski definition) is 3. The minimum atomic E-state index is -0.979. The summed E-state index contributed by atoms with van der Waals surface area (Å²) in [5, 5.41) is 8.97. The van der Waals surface area contributed by atoms with Gasteiger partial charge in [-0.3, -0.25) is 4.79 Å². The summed E-state index contributed by atoms with van der Waals surface area (Å²) >= 11 is 0. The van der Waals surface area contributed by atoms with E-state index in [2.05, 4.69) is 0 Å². The maximum absolute atomic E-state index is 12.0. The highest BCUT2D eigenvalue weighted by Gasteiger charge is 2.27. The van der Waals surface area contributed by atoms with Crippen LogP contribution < -0.4 is 0 Å². The summed E-state index contributed by atoms with van der Waals surface area (Å²) < 4.78 is 0. The SMILES string of the molecule is CC1=CC(=O)C(N2C=C(C(=O)O)C=CC2)C(C)=C1. The van der Waals surface area contributed by atoms with Gasteiger partial charge in [-0.2, -0.15) is 0 Å². The van der Waals surface area contributed by atoms with Gasteiger partial charge in [0.2, 0.25) is 0 Å². The second-order valence-electron chi connectivity index (χ2n) is 4.57. The second-order valence-corrected chi connectivity index (χ2v) is 4.57. The van der Waals surface area contributed by atoms with E-state index in [1.807, 2.05) is 19.9 Å². The van der Waals surface area contributed by atoms with Crippen molar-refractivity contribution in [3.8, 4) is 0 Å². The average Bonchev–Trinajstić information content (AvgIpc) is 2.28. The molecule has 0 bridgehead atoms. The van der Waals surface area contributed by atoms with Crippen LogP contribution in [-0.4, -0.2) is 34.3 Å². The summed E-state index contributed by atoms with van der Waals surface area (Å²) in [6.07, 6.45) is 8.42. The Morgan fingerprint density at radius 2 is 2.11 bits per heavy atom. The Morgan fingerprint density at radius 3 is 2.72 bits per heavy atom. The van der Waals surface area contributed by atoms with Gasteiger partial charge < -0.3 is 10.0 Å². The van der Waals surface area contributed by atoms with E-state index < -0.39 is 5.97 Å². The van der Waals surface area contributed by atoms with Crippen LogP contribution in [-0.2, 0) is 9.59 Å². The first-order valence-electron chi connectivity index (χ1n) is 5.77. The van der Waals surface area contributed by atoms with Crippen molar-refractivity contribution in [3.63, 3.8) is 0 Å². The molecule has 0 spiro atoms. The molecule has 1 heterocycles. The summed E-state index contributed by atoms with van der Waals surface area (Å²) in [5.41, 5.74) is 2.08. The number of carboxylic acid groups (broad SMARTS) is 1. The van der Waals surface area contributed by atoms with Crippen molar-refractivity contribution in [2.75, 3.05) is 6.54 Å². The number of aliphatic carboxylic acids is 1. The average molecular weight is 245 g/mol. The Hall–Kier alpha value is -2.10. The van der Waals surface area contributed by atoms with Crippen molar-refractivity contribution < 1.29 is 14.7 Å². The monoisotopic (exact) mass is 245 g/mol. The van der Waals surface area contributed by atoms with Gasteiger partial charge in [0.1, 0.15) is 6.04 Å². The van der Waals surface area contributed by atoms with E-state index in [1.54, 1.807) is 23.1 Å². The Kier molecular flexibility index (Phi) is 3.19. The minimum Gasteiger partial charge on any atom is -0.478 e. The molecule has 0 saturated heterocycles. The summed E-state index contributed by atoms with van der Waals surface area (Å²) in [5.74, 6) is -0.976. The van der Waals surface area contributed by atoms with Crippen LogP contribution in [0.2, 0.25) is 0 Å². The maximum Gasteiger partial charge on any atom is 0.337 e. The fourth-order valence-corrected chi connectivity index (χ4v) is 2.31. The predicted molar refractivity (Wildman–Crippen MR) is 67.9 cm³/mol. The zero-order chi connectivity index (χ0) is 13.3. The lowest BCUT2D eigenvalue weighted by Crippen LogP contribution is -2.40. The number of carbonyl (C=O) groups is 2. The topological polar surface area (TPSA) is 57.6 Å². The van der Waals surface area contributed by atoms with Gasteiger partial charge in [0, 0.05) is 12.7 Å². The second kappa shape index (κ2) is 4.64. The van der Waals surface area contributed by atoms with Crippen molar-refractivity contribution in [2.45, 2.75) is 19.9 Å². The molecule has 1 atom stereocenters. The Labute approximate surface area is 106 Å².